The molecule has 1 heterocycles. The molecule has 0 aliphatic heterocycles. The minimum atomic E-state index is 0.496. The second-order valence-electron chi connectivity index (χ2n) is 4.03. The van der Waals surface area contributed by atoms with Crippen molar-refractivity contribution in [3.63, 3.8) is 0 Å². The fourth-order valence-corrected chi connectivity index (χ4v) is 1.70. The van der Waals surface area contributed by atoms with E-state index in [1.54, 1.807) is 6.20 Å². The second-order valence-corrected chi connectivity index (χ2v) is 4.03. The van der Waals surface area contributed by atoms with E-state index >= 15 is 0 Å². The molecule has 0 amide bonds. The summed E-state index contributed by atoms with van der Waals surface area (Å²) in [4.78, 5) is 0. The number of aryl methyl sites for hydroxylation is 1. The third-order valence-corrected chi connectivity index (χ3v) is 2.78. The van der Waals surface area contributed by atoms with Crippen molar-refractivity contribution >= 4 is 5.82 Å². The number of benzene rings is 1. The summed E-state index contributed by atoms with van der Waals surface area (Å²) in [6, 6.07) is 12.5. The van der Waals surface area contributed by atoms with Gasteiger partial charge in [-0.2, -0.15) is 5.10 Å². The van der Waals surface area contributed by atoms with E-state index in [1.807, 2.05) is 23.9 Å². The smallest absolute Gasteiger partial charge is 0.123 e. The Morgan fingerprint density at radius 2 is 2.00 bits per heavy atom. The van der Waals surface area contributed by atoms with Crippen molar-refractivity contribution in [1.29, 1.82) is 0 Å². The van der Waals surface area contributed by atoms with E-state index in [-0.39, 0.29) is 0 Å². The quantitative estimate of drug-likeness (QED) is 0.849. The van der Waals surface area contributed by atoms with Gasteiger partial charge in [0.2, 0.25) is 0 Å². The summed E-state index contributed by atoms with van der Waals surface area (Å²) in [5, 5.41) is 7.51. The number of aromatic nitrogens is 2. The highest BCUT2D eigenvalue weighted by Crippen LogP contribution is 2.15. The highest BCUT2D eigenvalue weighted by Gasteiger charge is 2.05. The van der Waals surface area contributed by atoms with Gasteiger partial charge in [0.25, 0.3) is 0 Å². The van der Waals surface area contributed by atoms with Crippen LogP contribution in [0.1, 0.15) is 18.4 Å². The van der Waals surface area contributed by atoms with Crippen LogP contribution in [0.4, 0.5) is 5.82 Å². The van der Waals surface area contributed by atoms with Crippen molar-refractivity contribution in [1.82, 2.24) is 9.78 Å². The highest BCUT2D eigenvalue weighted by molar-refractivity contribution is 5.34. The van der Waals surface area contributed by atoms with Gasteiger partial charge in [-0.05, 0) is 11.5 Å². The summed E-state index contributed by atoms with van der Waals surface area (Å²) >= 11 is 0. The maximum absolute atomic E-state index is 4.12. The zero-order valence-corrected chi connectivity index (χ0v) is 9.72. The summed E-state index contributed by atoms with van der Waals surface area (Å²) in [7, 11) is 1.94. The molecule has 1 unspecified atom stereocenters. The Hall–Kier alpha value is -1.77. The predicted molar refractivity (Wildman–Crippen MR) is 66.6 cm³/mol. The molecular formula is C13H17N3. The fourth-order valence-electron chi connectivity index (χ4n) is 1.70. The SMILES string of the molecule is CC(CNc1ccnn1C)c1ccccc1. The average Bonchev–Trinajstić information content (AvgIpc) is 2.73. The van der Waals surface area contributed by atoms with Crippen LogP contribution >= 0.6 is 0 Å². The monoisotopic (exact) mass is 215 g/mol. The maximum atomic E-state index is 4.12. The van der Waals surface area contributed by atoms with Crippen LogP contribution in [0.25, 0.3) is 0 Å². The third-order valence-electron chi connectivity index (χ3n) is 2.78. The Bertz CT molecular complexity index is 433. The molecule has 0 fully saturated rings. The Labute approximate surface area is 96.1 Å². The van der Waals surface area contributed by atoms with E-state index in [9.17, 15) is 0 Å². The normalized spacial score (nSPS) is 12.4. The van der Waals surface area contributed by atoms with Gasteiger partial charge in [-0.1, -0.05) is 37.3 Å². The summed E-state index contributed by atoms with van der Waals surface area (Å²) in [6.45, 7) is 3.14. The molecule has 1 aromatic carbocycles. The van der Waals surface area contributed by atoms with E-state index < -0.39 is 0 Å². The minimum absolute atomic E-state index is 0.496. The van der Waals surface area contributed by atoms with Crippen molar-refractivity contribution in [2.24, 2.45) is 7.05 Å². The molecule has 2 aromatic rings. The third kappa shape index (κ3) is 2.42. The Balaban J connectivity index is 1.94. The lowest BCUT2D eigenvalue weighted by molar-refractivity contribution is 0.747. The Kier molecular flexibility index (Phi) is 3.25. The van der Waals surface area contributed by atoms with Crippen LogP contribution in [0.15, 0.2) is 42.6 Å². The van der Waals surface area contributed by atoms with Gasteiger partial charge in [0.15, 0.2) is 0 Å². The van der Waals surface area contributed by atoms with Crippen LogP contribution in [-0.2, 0) is 7.05 Å². The fraction of sp³-hybridized carbons (Fsp3) is 0.308. The molecule has 0 bridgehead atoms. The summed E-state index contributed by atoms with van der Waals surface area (Å²) < 4.78 is 1.84. The molecule has 0 radical (unpaired) electrons. The number of nitrogens with one attached hydrogen (secondary N) is 1. The van der Waals surface area contributed by atoms with Crippen LogP contribution in [0, 0.1) is 0 Å². The van der Waals surface area contributed by atoms with Gasteiger partial charge in [0.1, 0.15) is 5.82 Å². The molecule has 0 saturated heterocycles. The van der Waals surface area contributed by atoms with Gasteiger partial charge in [0, 0.05) is 19.7 Å². The lowest BCUT2D eigenvalue weighted by Crippen LogP contribution is -2.12. The molecule has 0 saturated carbocycles. The van der Waals surface area contributed by atoms with Gasteiger partial charge in [0.05, 0.1) is 6.20 Å². The maximum Gasteiger partial charge on any atom is 0.123 e. The molecule has 3 heteroatoms. The molecule has 0 aliphatic carbocycles. The van der Waals surface area contributed by atoms with E-state index in [2.05, 4.69) is 41.6 Å². The number of hydrogen-bond donors (Lipinski definition) is 1. The molecule has 84 valence electrons. The molecule has 16 heavy (non-hydrogen) atoms. The molecule has 0 spiro atoms. The number of rotatable bonds is 4. The predicted octanol–water partition coefficient (Wildman–Crippen LogP) is 2.64. The van der Waals surface area contributed by atoms with Gasteiger partial charge in [-0.3, -0.25) is 4.68 Å². The van der Waals surface area contributed by atoms with Gasteiger partial charge in [-0.25, -0.2) is 0 Å². The average molecular weight is 215 g/mol. The van der Waals surface area contributed by atoms with Crippen LogP contribution in [0.5, 0.6) is 0 Å². The van der Waals surface area contributed by atoms with Crippen LogP contribution in [0.2, 0.25) is 0 Å². The van der Waals surface area contributed by atoms with Crippen LogP contribution < -0.4 is 5.32 Å². The van der Waals surface area contributed by atoms with Crippen molar-refractivity contribution in [3.05, 3.63) is 48.2 Å². The van der Waals surface area contributed by atoms with Gasteiger partial charge < -0.3 is 5.32 Å². The lowest BCUT2D eigenvalue weighted by atomic mass is 10.0. The van der Waals surface area contributed by atoms with E-state index in [1.165, 1.54) is 5.56 Å². The summed E-state index contributed by atoms with van der Waals surface area (Å²) in [6.07, 6.45) is 1.80. The number of hydrogen-bond acceptors (Lipinski definition) is 2. The Morgan fingerprint density at radius 1 is 1.25 bits per heavy atom. The van der Waals surface area contributed by atoms with Crippen molar-refractivity contribution in [3.8, 4) is 0 Å². The first kappa shape index (κ1) is 10.7. The number of anilines is 1. The molecular weight excluding hydrogens is 198 g/mol. The summed E-state index contributed by atoms with van der Waals surface area (Å²) in [5.41, 5.74) is 1.36. The standard InChI is InChI=1S/C13H17N3/c1-11(12-6-4-3-5-7-12)10-14-13-8-9-15-16(13)2/h3-9,11,14H,10H2,1-2H3. The second kappa shape index (κ2) is 4.84. The van der Waals surface area contributed by atoms with Gasteiger partial charge >= 0.3 is 0 Å². The minimum Gasteiger partial charge on any atom is -0.370 e. The molecule has 2 rings (SSSR count). The highest BCUT2D eigenvalue weighted by atomic mass is 15.3. The molecule has 0 aliphatic rings. The zero-order chi connectivity index (χ0) is 11.4. The zero-order valence-electron chi connectivity index (χ0n) is 9.72. The molecule has 1 N–H and O–H groups in total. The van der Waals surface area contributed by atoms with Gasteiger partial charge in [-0.15, -0.1) is 0 Å². The first-order chi connectivity index (χ1) is 7.77. The Morgan fingerprint density at radius 3 is 2.62 bits per heavy atom. The largest absolute Gasteiger partial charge is 0.370 e. The topological polar surface area (TPSA) is 29.9 Å². The summed E-state index contributed by atoms with van der Waals surface area (Å²) in [5.74, 6) is 1.55. The van der Waals surface area contributed by atoms with Crippen molar-refractivity contribution in [2.75, 3.05) is 11.9 Å². The van der Waals surface area contributed by atoms with Crippen molar-refractivity contribution in [2.45, 2.75) is 12.8 Å². The van der Waals surface area contributed by atoms with E-state index in [0.717, 1.165) is 12.4 Å². The first-order valence-corrected chi connectivity index (χ1v) is 5.54. The van der Waals surface area contributed by atoms with Crippen molar-refractivity contribution < 1.29 is 0 Å². The molecule has 1 aromatic heterocycles. The van der Waals surface area contributed by atoms with E-state index in [4.69, 9.17) is 0 Å². The van der Waals surface area contributed by atoms with E-state index in [0.29, 0.717) is 5.92 Å². The number of nitrogens with zero attached hydrogens (tertiary/aromatic N) is 2. The lowest BCUT2D eigenvalue weighted by Gasteiger charge is -2.13. The first-order valence-electron chi connectivity index (χ1n) is 5.54. The molecule has 3 nitrogen and oxygen atoms in total. The van der Waals surface area contributed by atoms with Crippen LogP contribution in [-0.4, -0.2) is 16.3 Å². The molecule has 1 atom stereocenters. The van der Waals surface area contributed by atoms with Crippen LogP contribution in [0.3, 0.4) is 0 Å².